The first-order valence-corrected chi connectivity index (χ1v) is 10.3. The molecular weight excluding hydrogens is 424 g/mol. The van der Waals surface area contributed by atoms with Crippen molar-refractivity contribution in [3.05, 3.63) is 24.2 Å². The van der Waals surface area contributed by atoms with E-state index in [0.717, 1.165) is 19.8 Å². The molecule has 0 radical (unpaired) electrons. The molecule has 4 rings (SSSR count). The van der Waals surface area contributed by atoms with E-state index in [2.05, 4.69) is 25.6 Å². The van der Waals surface area contributed by atoms with Crippen molar-refractivity contribution in [1.29, 1.82) is 0 Å². The first-order valence-electron chi connectivity index (χ1n) is 10.3. The van der Waals surface area contributed by atoms with Crippen molar-refractivity contribution in [2.24, 2.45) is 5.41 Å². The quantitative estimate of drug-likeness (QED) is 0.629. The van der Waals surface area contributed by atoms with Crippen molar-refractivity contribution in [3.63, 3.8) is 0 Å². The van der Waals surface area contributed by atoms with Crippen molar-refractivity contribution < 1.29 is 27.8 Å². The zero-order chi connectivity index (χ0) is 22.9. The summed E-state index contributed by atoms with van der Waals surface area (Å²) in [6, 6.07) is 3.00. The van der Waals surface area contributed by atoms with Gasteiger partial charge in [-0.15, -0.1) is 0 Å². The van der Waals surface area contributed by atoms with E-state index in [0.29, 0.717) is 31.3 Å². The van der Waals surface area contributed by atoms with Gasteiger partial charge >= 0.3 is 5.92 Å². The number of hydrogen-bond acceptors (Lipinski definition) is 8. The number of aromatic nitrogens is 3. The fourth-order valence-electron chi connectivity index (χ4n) is 3.73. The minimum atomic E-state index is -3.26. The average molecular weight is 449 g/mol. The molecule has 0 aromatic carbocycles. The number of nitrogens with zero attached hydrogens (tertiary/aromatic N) is 3. The molecule has 32 heavy (non-hydrogen) atoms. The summed E-state index contributed by atoms with van der Waals surface area (Å²) in [5.74, 6) is -3.40. The van der Waals surface area contributed by atoms with E-state index < -0.39 is 11.7 Å². The fraction of sp³-hybridized carbons (Fsp3) is 0.524. The molecule has 11 heteroatoms. The SMILES string of the molecule is CCOc1cnc(NC(C)=O)cc1Nc1cc(OC2CC3(COC3)C2)nc(C(C)(F)F)n1. The Morgan fingerprint density at radius 2 is 2.03 bits per heavy atom. The predicted octanol–water partition coefficient (Wildman–Crippen LogP) is 3.64. The molecule has 0 atom stereocenters. The monoisotopic (exact) mass is 449 g/mol. The van der Waals surface area contributed by atoms with Crippen LogP contribution in [0.25, 0.3) is 0 Å². The molecular formula is C21H25F2N5O4. The second-order valence-electron chi connectivity index (χ2n) is 8.25. The van der Waals surface area contributed by atoms with Gasteiger partial charge in [-0.25, -0.2) is 9.97 Å². The molecule has 172 valence electrons. The first-order chi connectivity index (χ1) is 15.2. The number of hydrogen-bond donors (Lipinski definition) is 2. The van der Waals surface area contributed by atoms with E-state index in [9.17, 15) is 13.6 Å². The van der Waals surface area contributed by atoms with Crippen LogP contribution in [0.3, 0.4) is 0 Å². The van der Waals surface area contributed by atoms with Gasteiger partial charge in [0.2, 0.25) is 17.6 Å². The number of ether oxygens (including phenoxy) is 3. The Hall–Kier alpha value is -3.08. The molecule has 1 saturated heterocycles. The number of nitrogens with one attached hydrogen (secondary N) is 2. The van der Waals surface area contributed by atoms with Crippen molar-refractivity contribution in [3.8, 4) is 11.6 Å². The third-order valence-corrected chi connectivity index (χ3v) is 5.25. The lowest BCUT2D eigenvalue weighted by atomic mass is 9.65. The number of halogens is 2. The Morgan fingerprint density at radius 1 is 1.28 bits per heavy atom. The van der Waals surface area contributed by atoms with E-state index in [4.69, 9.17) is 14.2 Å². The normalized spacial score (nSPS) is 17.3. The van der Waals surface area contributed by atoms with E-state index in [1.54, 1.807) is 6.92 Å². The van der Waals surface area contributed by atoms with Gasteiger partial charge in [0.1, 0.15) is 17.7 Å². The van der Waals surface area contributed by atoms with Crippen molar-refractivity contribution in [2.45, 2.75) is 45.6 Å². The molecule has 2 fully saturated rings. The third kappa shape index (κ3) is 4.87. The predicted molar refractivity (Wildman–Crippen MR) is 111 cm³/mol. The van der Waals surface area contributed by atoms with Gasteiger partial charge in [-0.2, -0.15) is 13.8 Å². The maximum atomic E-state index is 14.1. The summed E-state index contributed by atoms with van der Waals surface area (Å²) in [5, 5.41) is 5.55. The molecule has 0 bridgehead atoms. The van der Waals surface area contributed by atoms with Gasteiger partial charge in [0, 0.05) is 31.4 Å². The van der Waals surface area contributed by atoms with Crippen molar-refractivity contribution in [1.82, 2.24) is 15.0 Å². The molecule has 1 aliphatic carbocycles. The average Bonchev–Trinajstić information content (AvgIpc) is 2.64. The number of carbonyl (C=O) groups excluding carboxylic acids is 1. The van der Waals surface area contributed by atoms with Crippen LogP contribution in [0.4, 0.5) is 26.1 Å². The number of pyridine rings is 1. The Kier molecular flexibility index (Phi) is 5.85. The lowest BCUT2D eigenvalue weighted by Crippen LogP contribution is -2.56. The molecule has 1 saturated carbocycles. The lowest BCUT2D eigenvalue weighted by molar-refractivity contribution is -0.191. The van der Waals surface area contributed by atoms with Crippen LogP contribution >= 0.6 is 0 Å². The summed E-state index contributed by atoms with van der Waals surface area (Å²) in [6.07, 6.45) is 2.93. The molecule has 2 N–H and O–H groups in total. The minimum absolute atomic E-state index is 0.0632. The molecule has 1 amide bonds. The highest BCUT2D eigenvalue weighted by Crippen LogP contribution is 2.48. The number of rotatable bonds is 8. The molecule has 1 spiro atoms. The third-order valence-electron chi connectivity index (χ3n) is 5.25. The zero-order valence-corrected chi connectivity index (χ0v) is 18.1. The lowest BCUT2D eigenvalue weighted by Gasteiger charge is -2.52. The van der Waals surface area contributed by atoms with Crippen LogP contribution in [-0.2, 0) is 15.5 Å². The highest BCUT2D eigenvalue weighted by Gasteiger charge is 2.51. The molecule has 2 aromatic rings. The fourth-order valence-corrected chi connectivity index (χ4v) is 3.73. The van der Waals surface area contributed by atoms with Crippen molar-refractivity contribution in [2.75, 3.05) is 30.5 Å². The van der Waals surface area contributed by atoms with E-state index >= 15 is 0 Å². The van der Waals surface area contributed by atoms with Gasteiger partial charge in [0.25, 0.3) is 0 Å². The highest BCUT2D eigenvalue weighted by atomic mass is 19.3. The minimum Gasteiger partial charge on any atom is -0.490 e. The Morgan fingerprint density at radius 3 is 2.62 bits per heavy atom. The van der Waals surface area contributed by atoms with Gasteiger partial charge in [-0.05, 0) is 19.8 Å². The van der Waals surface area contributed by atoms with Gasteiger partial charge < -0.3 is 24.8 Å². The Labute approximate surface area is 183 Å². The van der Waals surface area contributed by atoms with Gasteiger partial charge in [0.05, 0.1) is 31.7 Å². The van der Waals surface area contributed by atoms with Crippen LogP contribution in [0.5, 0.6) is 11.6 Å². The number of alkyl halides is 2. The molecule has 3 heterocycles. The van der Waals surface area contributed by atoms with E-state index in [-0.39, 0.29) is 34.9 Å². The summed E-state index contributed by atoms with van der Waals surface area (Å²) in [6.45, 7) is 5.67. The van der Waals surface area contributed by atoms with Crippen LogP contribution in [0.1, 0.15) is 39.4 Å². The maximum absolute atomic E-state index is 14.1. The largest absolute Gasteiger partial charge is 0.490 e. The molecule has 1 aliphatic heterocycles. The van der Waals surface area contributed by atoms with Crippen LogP contribution in [0.2, 0.25) is 0 Å². The molecule has 2 aromatic heterocycles. The molecule has 9 nitrogen and oxygen atoms in total. The van der Waals surface area contributed by atoms with Crippen LogP contribution in [0.15, 0.2) is 18.3 Å². The van der Waals surface area contributed by atoms with E-state index in [1.165, 1.54) is 25.3 Å². The first kappa shape index (κ1) is 22.1. The summed E-state index contributed by atoms with van der Waals surface area (Å²) >= 11 is 0. The highest BCUT2D eigenvalue weighted by molar-refractivity contribution is 5.88. The zero-order valence-electron chi connectivity index (χ0n) is 18.1. The van der Waals surface area contributed by atoms with Crippen molar-refractivity contribution >= 4 is 23.2 Å². The van der Waals surface area contributed by atoms with Crippen LogP contribution < -0.4 is 20.1 Å². The molecule has 0 unspecified atom stereocenters. The number of anilines is 3. The summed E-state index contributed by atoms with van der Waals surface area (Å²) in [4.78, 5) is 23.4. The van der Waals surface area contributed by atoms with E-state index in [1.807, 2.05) is 0 Å². The topological polar surface area (TPSA) is 107 Å². The van der Waals surface area contributed by atoms with Crippen LogP contribution in [0, 0.1) is 5.41 Å². The second kappa shape index (κ2) is 8.45. The summed E-state index contributed by atoms with van der Waals surface area (Å²) in [5.41, 5.74) is 0.565. The van der Waals surface area contributed by atoms with Crippen LogP contribution in [-0.4, -0.2) is 46.8 Å². The van der Waals surface area contributed by atoms with Gasteiger partial charge in [0.15, 0.2) is 5.75 Å². The Balaban J connectivity index is 1.60. The second-order valence-corrected chi connectivity index (χ2v) is 8.25. The number of carbonyl (C=O) groups is 1. The smallest absolute Gasteiger partial charge is 0.304 e. The summed E-state index contributed by atoms with van der Waals surface area (Å²) < 4.78 is 44.8. The Bertz CT molecular complexity index is 1000. The standard InChI is InChI=1S/C21H25F2N5O4/c1-4-31-15-9-24-16(25-12(2)29)5-14(15)26-17-6-18(28-19(27-17)20(3,22)23)32-13-7-21(8-13)10-30-11-21/h5-6,9,13H,4,7-8,10-11H2,1-3H3,(H2,24,25,26,27,28,29). The number of amides is 1. The summed E-state index contributed by atoms with van der Waals surface area (Å²) in [7, 11) is 0. The maximum Gasteiger partial charge on any atom is 0.304 e. The van der Waals surface area contributed by atoms with Gasteiger partial charge in [-0.3, -0.25) is 4.79 Å². The van der Waals surface area contributed by atoms with Gasteiger partial charge in [-0.1, -0.05) is 0 Å². The molecule has 2 aliphatic rings.